The van der Waals surface area contributed by atoms with E-state index in [1.807, 2.05) is 6.07 Å². The molecule has 1 aromatic carbocycles. The van der Waals surface area contributed by atoms with E-state index >= 15 is 0 Å². The first kappa shape index (κ1) is 14.4. The molecule has 0 saturated heterocycles. The van der Waals surface area contributed by atoms with Gasteiger partial charge in [-0.25, -0.2) is 0 Å². The molecular weight excluding hydrogens is 284 g/mol. The van der Waals surface area contributed by atoms with Crippen LogP contribution in [-0.2, 0) is 18.5 Å². The normalized spacial score (nSPS) is 17.5. The van der Waals surface area contributed by atoms with E-state index in [4.69, 9.17) is 11.6 Å². The fourth-order valence-electron chi connectivity index (χ4n) is 3.16. The van der Waals surface area contributed by atoms with E-state index in [0.717, 1.165) is 30.9 Å². The molecule has 0 atom stereocenters. The number of H-pyrrole nitrogens is 1. The Bertz CT molecular complexity index is 706. The molecule has 2 aromatic rings. The Morgan fingerprint density at radius 1 is 1.29 bits per heavy atom. The molecule has 3 nitrogen and oxygen atoms in total. The van der Waals surface area contributed by atoms with E-state index in [1.54, 1.807) is 0 Å². The van der Waals surface area contributed by atoms with Gasteiger partial charge in [0.1, 0.15) is 0 Å². The number of benzene rings is 1. The number of fused-ring (bicyclic) bond motifs is 1. The lowest BCUT2D eigenvalue weighted by Gasteiger charge is -2.39. The van der Waals surface area contributed by atoms with Gasteiger partial charge in [0.25, 0.3) is 0 Å². The maximum absolute atomic E-state index is 11.7. The van der Waals surface area contributed by atoms with Gasteiger partial charge < -0.3 is 4.98 Å². The molecule has 1 N–H and O–H groups in total. The minimum atomic E-state index is -0.122. The number of nitrogens with one attached hydrogen (secondary N) is 1. The summed E-state index contributed by atoms with van der Waals surface area (Å²) >= 11 is 6.30. The van der Waals surface area contributed by atoms with Crippen LogP contribution in [0.15, 0.2) is 41.2 Å². The first-order chi connectivity index (χ1) is 9.95. The lowest BCUT2D eigenvalue weighted by Crippen LogP contribution is -2.43. The summed E-state index contributed by atoms with van der Waals surface area (Å²) in [5, 5.41) is 0.569. The lowest BCUT2D eigenvalue weighted by atomic mass is 9.82. The third-order valence-corrected chi connectivity index (χ3v) is 4.36. The third kappa shape index (κ3) is 2.89. The summed E-state index contributed by atoms with van der Waals surface area (Å²) in [5.41, 5.74) is 3.07. The van der Waals surface area contributed by atoms with Crippen molar-refractivity contribution < 1.29 is 0 Å². The van der Waals surface area contributed by atoms with Crippen molar-refractivity contribution in [2.75, 3.05) is 6.54 Å². The van der Waals surface area contributed by atoms with Crippen LogP contribution in [0.4, 0.5) is 0 Å². The van der Waals surface area contributed by atoms with Gasteiger partial charge in [0, 0.05) is 42.4 Å². The van der Waals surface area contributed by atoms with Gasteiger partial charge >= 0.3 is 0 Å². The van der Waals surface area contributed by atoms with Crippen molar-refractivity contribution in [1.29, 1.82) is 0 Å². The quantitative estimate of drug-likeness (QED) is 0.924. The lowest BCUT2D eigenvalue weighted by molar-refractivity contribution is 0.182. The Hall–Kier alpha value is -1.58. The number of aromatic nitrogens is 1. The van der Waals surface area contributed by atoms with Crippen molar-refractivity contribution in [3.05, 3.63) is 68.6 Å². The second kappa shape index (κ2) is 5.32. The zero-order valence-corrected chi connectivity index (χ0v) is 13.1. The molecule has 0 fully saturated rings. The fraction of sp³-hybridized carbons (Fsp3) is 0.353. The molecule has 4 heteroatoms. The maximum Gasteiger partial charge on any atom is 0.249 e. The van der Waals surface area contributed by atoms with Crippen molar-refractivity contribution in [2.45, 2.75) is 32.4 Å². The molecule has 0 saturated carbocycles. The molecule has 21 heavy (non-hydrogen) atoms. The summed E-state index contributed by atoms with van der Waals surface area (Å²) < 4.78 is 0. The third-order valence-electron chi connectivity index (χ3n) is 4.02. The maximum atomic E-state index is 11.7. The SMILES string of the molecule is CC1(C)CN(Cc2ccccc2)Cc2c(Cl)cc(=O)[nH]c21. The summed E-state index contributed by atoms with van der Waals surface area (Å²) in [6, 6.07) is 11.9. The monoisotopic (exact) mass is 302 g/mol. The number of halogens is 1. The predicted octanol–water partition coefficient (Wildman–Crippen LogP) is 3.32. The molecular formula is C17H19ClN2O. The number of aromatic amines is 1. The van der Waals surface area contributed by atoms with Gasteiger partial charge in [-0.2, -0.15) is 0 Å². The average molecular weight is 303 g/mol. The van der Waals surface area contributed by atoms with Crippen molar-refractivity contribution in [3.8, 4) is 0 Å². The highest BCUT2D eigenvalue weighted by molar-refractivity contribution is 6.31. The molecule has 110 valence electrons. The molecule has 0 spiro atoms. The first-order valence-corrected chi connectivity index (χ1v) is 7.52. The van der Waals surface area contributed by atoms with E-state index in [1.165, 1.54) is 11.6 Å². The highest BCUT2D eigenvalue weighted by atomic mass is 35.5. The predicted molar refractivity (Wildman–Crippen MR) is 85.7 cm³/mol. The second-order valence-corrected chi connectivity index (χ2v) is 6.76. The van der Waals surface area contributed by atoms with Gasteiger partial charge in [-0.1, -0.05) is 55.8 Å². The zero-order valence-electron chi connectivity index (χ0n) is 12.3. The van der Waals surface area contributed by atoms with E-state index < -0.39 is 0 Å². The van der Waals surface area contributed by atoms with Crippen LogP contribution in [0, 0.1) is 0 Å². The Morgan fingerprint density at radius 2 is 2.00 bits per heavy atom. The van der Waals surface area contributed by atoms with Gasteiger partial charge in [-0.3, -0.25) is 9.69 Å². The van der Waals surface area contributed by atoms with Crippen LogP contribution >= 0.6 is 11.6 Å². The topological polar surface area (TPSA) is 36.1 Å². The smallest absolute Gasteiger partial charge is 0.249 e. The summed E-state index contributed by atoms with van der Waals surface area (Å²) in [6.07, 6.45) is 0. The molecule has 0 bridgehead atoms. The standard InChI is InChI=1S/C17H19ClN2O/c1-17(2)11-20(9-12-6-4-3-5-7-12)10-13-14(18)8-15(21)19-16(13)17/h3-8H,9-11H2,1-2H3,(H,19,21). The molecule has 1 aliphatic rings. The number of hydrogen-bond donors (Lipinski definition) is 1. The minimum absolute atomic E-state index is 0.119. The number of hydrogen-bond acceptors (Lipinski definition) is 2. The van der Waals surface area contributed by atoms with Crippen molar-refractivity contribution in [2.24, 2.45) is 0 Å². The van der Waals surface area contributed by atoms with Gasteiger partial charge in [-0.05, 0) is 5.56 Å². The Kier molecular flexibility index (Phi) is 3.64. The van der Waals surface area contributed by atoms with E-state index in [0.29, 0.717) is 5.02 Å². The fourth-order valence-corrected chi connectivity index (χ4v) is 3.41. The highest BCUT2D eigenvalue weighted by Crippen LogP contribution is 2.34. The molecule has 1 aliphatic heterocycles. The summed E-state index contributed by atoms with van der Waals surface area (Å²) in [7, 11) is 0. The van der Waals surface area contributed by atoms with Gasteiger partial charge in [0.2, 0.25) is 5.56 Å². The summed E-state index contributed by atoms with van der Waals surface area (Å²) in [6.45, 7) is 6.85. The highest BCUT2D eigenvalue weighted by Gasteiger charge is 2.33. The summed E-state index contributed by atoms with van der Waals surface area (Å²) in [4.78, 5) is 17.0. The van der Waals surface area contributed by atoms with Crippen LogP contribution in [0.3, 0.4) is 0 Å². The largest absolute Gasteiger partial charge is 0.325 e. The Labute approximate surface area is 129 Å². The van der Waals surface area contributed by atoms with Crippen LogP contribution < -0.4 is 5.56 Å². The van der Waals surface area contributed by atoms with Crippen molar-refractivity contribution >= 4 is 11.6 Å². The molecule has 0 aliphatic carbocycles. The van der Waals surface area contributed by atoms with E-state index in [-0.39, 0.29) is 11.0 Å². The van der Waals surface area contributed by atoms with Crippen LogP contribution in [-0.4, -0.2) is 16.4 Å². The number of pyridine rings is 1. The Balaban J connectivity index is 1.94. The molecule has 0 unspecified atom stereocenters. The van der Waals surface area contributed by atoms with Gasteiger partial charge in [0.05, 0.1) is 5.02 Å². The van der Waals surface area contributed by atoms with Crippen LogP contribution in [0.25, 0.3) is 0 Å². The van der Waals surface area contributed by atoms with Gasteiger partial charge in [0.15, 0.2) is 0 Å². The Morgan fingerprint density at radius 3 is 2.71 bits per heavy atom. The van der Waals surface area contributed by atoms with E-state index in [9.17, 15) is 4.79 Å². The van der Waals surface area contributed by atoms with Crippen LogP contribution in [0.5, 0.6) is 0 Å². The first-order valence-electron chi connectivity index (χ1n) is 7.14. The minimum Gasteiger partial charge on any atom is -0.325 e. The molecule has 0 amide bonds. The summed E-state index contributed by atoms with van der Waals surface area (Å²) in [5.74, 6) is 0. The zero-order chi connectivity index (χ0) is 15.0. The van der Waals surface area contributed by atoms with Crippen LogP contribution in [0.1, 0.15) is 30.7 Å². The van der Waals surface area contributed by atoms with Crippen LogP contribution in [0.2, 0.25) is 5.02 Å². The second-order valence-electron chi connectivity index (χ2n) is 6.35. The van der Waals surface area contributed by atoms with Crippen molar-refractivity contribution in [1.82, 2.24) is 9.88 Å². The molecule has 2 heterocycles. The average Bonchev–Trinajstić information content (AvgIpc) is 2.41. The molecule has 0 radical (unpaired) electrons. The molecule has 1 aromatic heterocycles. The van der Waals surface area contributed by atoms with Gasteiger partial charge in [-0.15, -0.1) is 0 Å². The number of nitrogens with zero attached hydrogens (tertiary/aromatic N) is 1. The molecule has 3 rings (SSSR count). The van der Waals surface area contributed by atoms with Crippen molar-refractivity contribution in [3.63, 3.8) is 0 Å². The number of rotatable bonds is 2. The van der Waals surface area contributed by atoms with E-state index in [2.05, 4.69) is 48.0 Å².